The molecule has 1 N–H and O–H groups in total. The van der Waals surface area contributed by atoms with Crippen molar-refractivity contribution in [1.82, 2.24) is 0 Å². The second-order valence-corrected chi connectivity index (χ2v) is 6.57. The van der Waals surface area contributed by atoms with E-state index < -0.39 is 15.3 Å². The van der Waals surface area contributed by atoms with Crippen LogP contribution in [0.25, 0.3) is 0 Å². The number of benzene rings is 1. The van der Waals surface area contributed by atoms with Gasteiger partial charge in [0.25, 0.3) is 0 Å². The fourth-order valence-corrected chi connectivity index (χ4v) is 2.24. The van der Waals surface area contributed by atoms with Gasteiger partial charge in [-0.3, -0.25) is 4.72 Å². The van der Waals surface area contributed by atoms with E-state index in [1.165, 1.54) is 0 Å². The van der Waals surface area contributed by atoms with Crippen LogP contribution < -0.4 is 4.72 Å². The molecule has 3 nitrogen and oxygen atoms in total. The molecule has 0 aliphatic heterocycles. The van der Waals surface area contributed by atoms with Gasteiger partial charge in [0.1, 0.15) is 0 Å². The van der Waals surface area contributed by atoms with Crippen LogP contribution in [0.15, 0.2) is 24.3 Å². The summed E-state index contributed by atoms with van der Waals surface area (Å²) in [6.07, 6.45) is 0. The second kappa shape index (κ2) is 4.48. The van der Waals surface area contributed by atoms with Gasteiger partial charge in [-0.15, -0.1) is 0 Å². The minimum atomic E-state index is -3.23. The van der Waals surface area contributed by atoms with Crippen LogP contribution in [0.2, 0.25) is 0 Å². The third-order valence-corrected chi connectivity index (χ3v) is 4.43. The van der Waals surface area contributed by atoms with Gasteiger partial charge in [0, 0.05) is 3.57 Å². The molecule has 0 unspecified atom stereocenters. The molecule has 1 rings (SSSR count). The molecule has 0 radical (unpaired) electrons. The van der Waals surface area contributed by atoms with Gasteiger partial charge in [-0.05, 0) is 48.6 Å². The third-order valence-electron chi connectivity index (χ3n) is 1.75. The average molecular weight is 325 g/mol. The molecule has 0 saturated carbocycles. The summed E-state index contributed by atoms with van der Waals surface area (Å²) in [4.78, 5) is 0. The lowest BCUT2D eigenvalue weighted by Crippen LogP contribution is -2.22. The number of halogens is 1. The monoisotopic (exact) mass is 325 g/mol. The number of hydrogen-bond acceptors (Lipinski definition) is 2. The standard InChI is InChI=1S/C9H12INO2S/c1-7(2)14(12,13)11-9-6-4-3-5-8(9)10/h3-7,11H,1-2H3. The van der Waals surface area contributed by atoms with Crippen LogP contribution in [0, 0.1) is 3.57 Å². The number of sulfonamides is 1. The van der Waals surface area contributed by atoms with Crippen LogP contribution in [0.3, 0.4) is 0 Å². The van der Waals surface area contributed by atoms with Gasteiger partial charge in [-0.25, -0.2) is 8.42 Å². The molecule has 0 spiro atoms. The maximum Gasteiger partial charge on any atom is 0.235 e. The highest BCUT2D eigenvalue weighted by Crippen LogP contribution is 2.19. The summed E-state index contributed by atoms with van der Waals surface area (Å²) in [6, 6.07) is 7.29. The van der Waals surface area contributed by atoms with Crippen molar-refractivity contribution in [3.05, 3.63) is 27.8 Å². The Balaban J connectivity index is 2.96. The van der Waals surface area contributed by atoms with E-state index in [2.05, 4.69) is 27.3 Å². The maximum absolute atomic E-state index is 11.5. The normalized spacial score (nSPS) is 11.7. The van der Waals surface area contributed by atoms with E-state index in [0.717, 1.165) is 3.57 Å². The van der Waals surface area contributed by atoms with Crippen molar-refractivity contribution in [2.24, 2.45) is 0 Å². The summed E-state index contributed by atoms with van der Waals surface area (Å²) in [5.41, 5.74) is 0.641. The molecule has 14 heavy (non-hydrogen) atoms. The average Bonchev–Trinajstić information content (AvgIpc) is 2.08. The number of para-hydroxylation sites is 1. The Kier molecular flexibility index (Phi) is 3.77. The molecule has 0 saturated heterocycles. The molecule has 0 aliphatic carbocycles. The van der Waals surface area contributed by atoms with Gasteiger partial charge in [-0.1, -0.05) is 12.1 Å². The molecule has 0 fully saturated rings. The van der Waals surface area contributed by atoms with Crippen LogP contribution in [0.4, 0.5) is 5.69 Å². The van der Waals surface area contributed by atoms with Crippen molar-refractivity contribution in [1.29, 1.82) is 0 Å². The highest BCUT2D eigenvalue weighted by Gasteiger charge is 2.16. The Hall–Kier alpha value is -0.300. The van der Waals surface area contributed by atoms with Gasteiger partial charge >= 0.3 is 0 Å². The van der Waals surface area contributed by atoms with E-state index >= 15 is 0 Å². The van der Waals surface area contributed by atoms with Gasteiger partial charge in [0.05, 0.1) is 10.9 Å². The Bertz CT molecular complexity index is 415. The maximum atomic E-state index is 11.5. The van der Waals surface area contributed by atoms with E-state index in [1.54, 1.807) is 26.0 Å². The van der Waals surface area contributed by atoms with Gasteiger partial charge in [0.2, 0.25) is 10.0 Å². The van der Waals surface area contributed by atoms with Crippen LogP contribution in [0.1, 0.15) is 13.8 Å². The first-order valence-electron chi connectivity index (χ1n) is 4.19. The summed E-state index contributed by atoms with van der Waals surface area (Å²) in [7, 11) is -3.23. The van der Waals surface area contributed by atoms with E-state index in [0.29, 0.717) is 5.69 Å². The number of nitrogens with one attached hydrogen (secondary N) is 1. The first-order chi connectivity index (χ1) is 6.43. The predicted molar refractivity (Wildman–Crippen MR) is 66.8 cm³/mol. The molecule has 0 atom stereocenters. The summed E-state index contributed by atoms with van der Waals surface area (Å²) in [5, 5.41) is -0.418. The van der Waals surface area contributed by atoms with Crippen molar-refractivity contribution >= 4 is 38.3 Å². The molecule has 0 aromatic heterocycles. The lowest BCUT2D eigenvalue weighted by atomic mass is 10.3. The lowest BCUT2D eigenvalue weighted by molar-refractivity contribution is 0.593. The second-order valence-electron chi connectivity index (χ2n) is 3.18. The zero-order valence-corrected chi connectivity index (χ0v) is 11.0. The smallest absolute Gasteiger partial charge is 0.235 e. The van der Waals surface area contributed by atoms with Gasteiger partial charge in [-0.2, -0.15) is 0 Å². The molecule has 0 bridgehead atoms. The first kappa shape index (κ1) is 11.8. The SMILES string of the molecule is CC(C)S(=O)(=O)Nc1ccccc1I. The van der Waals surface area contributed by atoms with Crippen LogP contribution in [0.5, 0.6) is 0 Å². The van der Waals surface area contributed by atoms with E-state index in [1.807, 2.05) is 12.1 Å². The van der Waals surface area contributed by atoms with Crippen molar-refractivity contribution in [2.45, 2.75) is 19.1 Å². The number of anilines is 1. The molecular weight excluding hydrogens is 313 g/mol. The van der Waals surface area contributed by atoms with Crippen molar-refractivity contribution < 1.29 is 8.42 Å². The molecule has 0 amide bonds. The molecule has 5 heteroatoms. The van der Waals surface area contributed by atoms with Crippen LogP contribution in [-0.4, -0.2) is 13.7 Å². The van der Waals surface area contributed by atoms with E-state index in [-0.39, 0.29) is 0 Å². The first-order valence-corrected chi connectivity index (χ1v) is 6.82. The van der Waals surface area contributed by atoms with Crippen LogP contribution in [-0.2, 0) is 10.0 Å². The summed E-state index contributed by atoms with van der Waals surface area (Å²) >= 11 is 2.10. The fourth-order valence-electron chi connectivity index (χ4n) is 0.815. The minimum Gasteiger partial charge on any atom is -0.282 e. The molecule has 78 valence electrons. The fraction of sp³-hybridized carbons (Fsp3) is 0.333. The Labute approximate surface area is 98.1 Å². The quantitative estimate of drug-likeness (QED) is 0.868. The number of rotatable bonds is 3. The van der Waals surface area contributed by atoms with Gasteiger partial charge < -0.3 is 0 Å². The molecule has 0 aliphatic rings. The molecule has 1 aromatic rings. The third kappa shape index (κ3) is 2.84. The largest absolute Gasteiger partial charge is 0.282 e. The predicted octanol–water partition coefficient (Wildman–Crippen LogP) is 2.44. The lowest BCUT2D eigenvalue weighted by Gasteiger charge is -2.11. The topological polar surface area (TPSA) is 46.2 Å². The zero-order chi connectivity index (χ0) is 10.8. The highest BCUT2D eigenvalue weighted by atomic mass is 127. The molecule has 0 heterocycles. The molecular formula is C9H12INO2S. The van der Waals surface area contributed by atoms with Gasteiger partial charge in [0.15, 0.2) is 0 Å². The number of hydrogen-bond donors (Lipinski definition) is 1. The summed E-state index contributed by atoms with van der Waals surface area (Å²) < 4.78 is 26.5. The zero-order valence-electron chi connectivity index (χ0n) is 7.99. The Morgan fingerprint density at radius 3 is 2.36 bits per heavy atom. The van der Waals surface area contributed by atoms with Crippen LogP contribution >= 0.6 is 22.6 Å². The Morgan fingerprint density at radius 2 is 1.86 bits per heavy atom. The summed E-state index contributed by atoms with van der Waals surface area (Å²) in [5.74, 6) is 0. The highest BCUT2D eigenvalue weighted by molar-refractivity contribution is 14.1. The van der Waals surface area contributed by atoms with E-state index in [4.69, 9.17) is 0 Å². The van der Waals surface area contributed by atoms with Crippen molar-refractivity contribution in [3.8, 4) is 0 Å². The van der Waals surface area contributed by atoms with Crippen molar-refractivity contribution in [2.75, 3.05) is 4.72 Å². The minimum absolute atomic E-state index is 0.418. The van der Waals surface area contributed by atoms with Crippen molar-refractivity contribution in [3.63, 3.8) is 0 Å². The summed E-state index contributed by atoms with van der Waals surface area (Å²) in [6.45, 7) is 3.30. The van der Waals surface area contributed by atoms with E-state index in [9.17, 15) is 8.42 Å². The molecule has 1 aromatic carbocycles. The Morgan fingerprint density at radius 1 is 1.29 bits per heavy atom.